The van der Waals surface area contributed by atoms with Crippen molar-refractivity contribution in [3.8, 4) is 39.5 Å². The Morgan fingerprint density at radius 1 is 0.641 bits per heavy atom. The molecular formula is C58H55IrN3OSi-2. The molecule has 0 saturated carbocycles. The standard InChI is InChI=1S/C41H33N2O.C17H22NSi.Ir/c1-25(2)30-16-10-17-31(26(3)4)38(30)43-39-32-15-9-8-14-28(32)21-23-36(39)42-41(43)35-19-11-18-34-33-22-20-29(24-37(33)44-40(34)35)27-12-6-5-7-13-27;1-13(2)15-11-16(14-9-7-6-8-10-14)18-12-17(15)19(3,4)5;/h5-18,20-26H,1-4H3;6-9,11-13H,1-5H3;/q2*-1;/i;13D;. The second-order valence-electron chi connectivity index (χ2n) is 18.4. The summed E-state index contributed by atoms with van der Waals surface area (Å²) in [5.41, 5.74) is 13.7. The Bertz CT molecular complexity index is 3280. The fraction of sp³-hybridized carbons (Fsp3) is 0.207. The Morgan fingerprint density at radius 3 is 2.05 bits per heavy atom. The average Bonchev–Trinajstić information content (AvgIpc) is 3.87. The first kappa shape index (κ1) is 43.3. The average molecular weight is 1030 g/mol. The Labute approximate surface area is 394 Å². The monoisotopic (exact) mass is 1030 g/mol. The van der Waals surface area contributed by atoms with Crippen molar-refractivity contribution >= 4 is 57.0 Å². The molecule has 6 heteroatoms. The molecule has 0 atom stereocenters. The Hall–Kier alpha value is -5.91. The molecule has 0 aliphatic heterocycles. The third-order valence-corrected chi connectivity index (χ3v) is 14.1. The van der Waals surface area contributed by atoms with Crippen LogP contribution in [0.25, 0.3) is 83.2 Å². The smallest absolute Gasteiger partial charge is 0.121 e. The predicted molar refractivity (Wildman–Crippen MR) is 269 cm³/mol. The molecule has 0 N–H and O–H groups in total. The van der Waals surface area contributed by atoms with Crippen molar-refractivity contribution in [1.82, 2.24) is 14.5 Å². The van der Waals surface area contributed by atoms with Gasteiger partial charge in [-0.1, -0.05) is 175 Å². The Morgan fingerprint density at radius 2 is 1.36 bits per heavy atom. The first-order valence-electron chi connectivity index (χ1n) is 22.6. The van der Waals surface area contributed by atoms with Crippen LogP contribution in [-0.2, 0) is 20.1 Å². The van der Waals surface area contributed by atoms with Gasteiger partial charge in [-0.25, -0.2) is 0 Å². The molecule has 10 aromatic rings. The molecule has 10 rings (SSSR count). The molecule has 323 valence electrons. The van der Waals surface area contributed by atoms with Gasteiger partial charge >= 0.3 is 0 Å². The fourth-order valence-corrected chi connectivity index (χ4v) is 10.5. The van der Waals surface area contributed by atoms with Crippen molar-refractivity contribution in [3.63, 3.8) is 0 Å². The van der Waals surface area contributed by atoms with E-state index in [9.17, 15) is 0 Å². The zero-order chi connectivity index (χ0) is 44.9. The third-order valence-electron chi connectivity index (χ3n) is 12.1. The molecule has 1 radical (unpaired) electrons. The minimum Gasteiger partial charge on any atom is -0.501 e. The summed E-state index contributed by atoms with van der Waals surface area (Å²) in [6, 6.07) is 57.4. The zero-order valence-corrected chi connectivity index (χ0v) is 41.6. The number of pyridine rings is 1. The van der Waals surface area contributed by atoms with Gasteiger partial charge in [0.2, 0.25) is 0 Å². The molecule has 0 aliphatic rings. The first-order valence-corrected chi connectivity index (χ1v) is 25.6. The predicted octanol–water partition coefficient (Wildman–Crippen LogP) is 15.7. The van der Waals surface area contributed by atoms with Crippen LogP contribution < -0.4 is 5.19 Å². The van der Waals surface area contributed by atoms with E-state index >= 15 is 0 Å². The van der Waals surface area contributed by atoms with Crippen LogP contribution in [0.15, 0.2) is 156 Å². The van der Waals surface area contributed by atoms with Gasteiger partial charge < -0.3 is 14.0 Å². The van der Waals surface area contributed by atoms with Crippen LogP contribution in [-0.4, -0.2) is 22.6 Å². The van der Waals surface area contributed by atoms with Gasteiger partial charge in [-0.05, 0) is 68.4 Å². The normalized spacial score (nSPS) is 12.2. The van der Waals surface area contributed by atoms with Crippen molar-refractivity contribution in [2.45, 2.75) is 78.9 Å². The topological polar surface area (TPSA) is 43.9 Å². The van der Waals surface area contributed by atoms with E-state index in [1.54, 1.807) is 0 Å². The maximum Gasteiger partial charge on any atom is 0.121 e. The summed E-state index contributed by atoms with van der Waals surface area (Å²) >= 11 is 0. The number of hydrogen-bond donors (Lipinski definition) is 0. The van der Waals surface area contributed by atoms with Gasteiger partial charge in [0.25, 0.3) is 0 Å². The Kier molecular flexibility index (Phi) is 12.4. The number of aromatic nitrogens is 3. The molecule has 0 bridgehead atoms. The SMILES string of the molecule is CC(C)c1cccc(C(C)C)c1-n1c(-c2[c-]ccc3c2oc2cc(-c4ccccc4)ccc23)nc2ccc3ccccc3c21.[2H]C(C)(C)c1cc(-c2[c-]cccc2)ncc1[Si](C)(C)C.[Ir]. The number of para-hydroxylation sites is 1. The second kappa shape index (κ2) is 18.3. The fourth-order valence-electron chi connectivity index (χ4n) is 8.88. The Balaban J connectivity index is 0.000000232. The molecular weight excluding hydrogens is 975 g/mol. The maximum absolute atomic E-state index is 8.44. The number of imidazole rings is 1. The third kappa shape index (κ3) is 8.43. The number of nitrogens with zero attached hydrogens (tertiary/aromatic N) is 3. The van der Waals surface area contributed by atoms with Crippen LogP contribution in [0.3, 0.4) is 0 Å². The molecule has 0 unspecified atom stereocenters. The minimum atomic E-state index is -1.50. The summed E-state index contributed by atoms with van der Waals surface area (Å²) < 4.78 is 17.6. The molecule has 3 heterocycles. The molecule has 64 heavy (non-hydrogen) atoms. The van der Waals surface area contributed by atoms with Crippen molar-refractivity contribution in [3.05, 3.63) is 181 Å². The molecule has 0 spiro atoms. The van der Waals surface area contributed by atoms with Crippen LogP contribution in [0.1, 0.15) is 77.3 Å². The van der Waals surface area contributed by atoms with E-state index in [1.807, 2.05) is 56.4 Å². The van der Waals surface area contributed by atoms with Crippen LogP contribution in [0.5, 0.6) is 0 Å². The van der Waals surface area contributed by atoms with Crippen molar-refractivity contribution in [2.24, 2.45) is 0 Å². The molecule has 0 saturated heterocycles. The van der Waals surface area contributed by atoms with Crippen LogP contribution in [0.4, 0.5) is 0 Å². The first-order chi connectivity index (χ1) is 30.7. The van der Waals surface area contributed by atoms with Gasteiger partial charge in [-0.15, -0.1) is 54.1 Å². The minimum absolute atomic E-state index is 0. The van der Waals surface area contributed by atoms with E-state index in [2.05, 4.69) is 178 Å². The summed E-state index contributed by atoms with van der Waals surface area (Å²) in [6.45, 7) is 19.9. The number of hydrogen-bond acceptors (Lipinski definition) is 3. The van der Waals surface area contributed by atoms with Gasteiger partial charge in [-0.2, -0.15) is 0 Å². The van der Waals surface area contributed by atoms with E-state index in [0.29, 0.717) is 11.8 Å². The molecule has 4 nitrogen and oxygen atoms in total. The summed E-state index contributed by atoms with van der Waals surface area (Å²) in [4.78, 5) is 9.98. The van der Waals surface area contributed by atoms with Crippen LogP contribution in [0, 0.1) is 12.1 Å². The number of furan rings is 1. The largest absolute Gasteiger partial charge is 0.501 e. The summed E-state index contributed by atoms with van der Waals surface area (Å²) in [5.74, 6) is 0.888. The van der Waals surface area contributed by atoms with Crippen molar-refractivity contribution in [1.29, 1.82) is 0 Å². The number of benzene rings is 7. The second-order valence-corrected chi connectivity index (χ2v) is 23.5. The van der Waals surface area contributed by atoms with Crippen LogP contribution in [0.2, 0.25) is 19.6 Å². The number of rotatable bonds is 8. The van der Waals surface area contributed by atoms with E-state index in [-0.39, 0.29) is 20.1 Å². The van der Waals surface area contributed by atoms with Gasteiger partial charge in [0.15, 0.2) is 0 Å². The van der Waals surface area contributed by atoms with E-state index in [4.69, 9.17) is 10.8 Å². The van der Waals surface area contributed by atoms with Gasteiger partial charge in [0.05, 0.1) is 30.5 Å². The number of fused-ring (bicyclic) bond motifs is 6. The summed E-state index contributed by atoms with van der Waals surface area (Å²) in [6.07, 6.45) is 1.98. The van der Waals surface area contributed by atoms with Crippen molar-refractivity contribution in [2.75, 3.05) is 0 Å². The van der Waals surface area contributed by atoms with E-state index in [0.717, 1.165) is 66.7 Å². The zero-order valence-electron chi connectivity index (χ0n) is 39.2. The van der Waals surface area contributed by atoms with Crippen LogP contribution >= 0.6 is 0 Å². The maximum atomic E-state index is 8.44. The van der Waals surface area contributed by atoms with Gasteiger partial charge in [0.1, 0.15) is 5.58 Å². The van der Waals surface area contributed by atoms with Gasteiger partial charge in [0, 0.05) is 44.1 Å². The molecule has 0 amide bonds. The molecule has 0 fully saturated rings. The molecule has 3 aromatic heterocycles. The summed E-state index contributed by atoms with van der Waals surface area (Å²) in [7, 11) is -1.50. The summed E-state index contributed by atoms with van der Waals surface area (Å²) in [5, 5.41) is 5.81. The van der Waals surface area contributed by atoms with Gasteiger partial charge in [-0.3, -0.25) is 4.98 Å². The van der Waals surface area contributed by atoms with E-state index < -0.39 is 14.0 Å². The molecule has 0 aliphatic carbocycles. The quantitative estimate of drug-likeness (QED) is 0.113. The van der Waals surface area contributed by atoms with E-state index in [1.165, 1.54) is 38.3 Å². The van der Waals surface area contributed by atoms with Crippen molar-refractivity contribution < 1.29 is 25.9 Å². The molecule has 7 aromatic carbocycles.